The van der Waals surface area contributed by atoms with Crippen LogP contribution in [0.1, 0.15) is 48.4 Å². The van der Waals surface area contributed by atoms with Gasteiger partial charge in [0.05, 0.1) is 0 Å². The predicted molar refractivity (Wildman–Crippen MR) is 96.4 cm³/mol. The normalized spacial score (nSPS) is 20.6. The minimum absolute atomic E-state index is 0.0578. The van der Waals surface area contributed by atoms with Gasteiger partial charge < -0.3 is 10.0 Å². The van der Waals surface area contributed by atoms with Crippen LogP contribution < -0.4 is 0 Å². The van der Waals surface area contributed by atoms with Crippen molar-refractivity contribution in [2.24, 2.45) is 5.92 Å². The Morgan fingerprint density at radius 3 is 2.32 bits per heavy atom. The molecule has 1 aromatic rings. The number of aryl methyl sites for hydroxylation is 1. The highest BCUT2D eigenvalue weighted by molar-refractivity contribution is 5.79. The number of rotatable bonds is 4. The molecule has 2 fully saturated rings. The average molecular weight is 344 g/mol. The number of hydrogen-bond acceptors (Lipinski definition) is 3. The molecule has 1 atom stereocenters. The van der Waals surface area contributed by atoms with Gasteiger partial charge in [-0.25, -0.2) is 0 Å². The molecule has 0 aromatic heterocycles. The number of carbonyl (C=O) groups is 2. The third-order valence-corrected chi connectivity index (χ3v) is 5.84. The van der Waals surface area contributed by atoms with Gasteiger partial charge in [-0.05, 0) is 56.2 Å². The standard InChI is InChI=1S/C20H28N2O3/c1-14-6-5-7-17(15(14)2)18(20(24)25)21-12-8-16(9-13-21)19(23)22-10-3-4-11-22/h5-7,16,18H,3-4,8-13H2,1-2H3,(H,24,25)/t18-/m1/s1. The van der Waals surface area contributed by atoms with Crippen LogP contribution >= 0.6 is 0 Å². The van der Waals surface area contributed by atoms with Crippen LogP contribution in [0.3, 0.4) is 0 Å². The SMILES string of the molecule is Cc1cccc([C@H](C(=O)O)N2CCC(C(=O)N3CCCC3)CC2)c1C. The first-order valence-electron chi connectivity index (χ1n) is 9.31. The van der Waals surface area contributed by atoms with Crippen LogP contribution in [0.25, 0.3) is 0 Å². The van der Waals surface area contributed by atoms with Crippen molar-refractivity contribution < 1.29 is 14.7 Å². The molecule has 0 saturated carbocycles. The van der Waals surface area contributed by atoms with Crippen molar-refractivity contribution in [1.29, 1.82) is 0 Å². The molecule has 0 aliphatic carbocycles. The largest absolute Gasteiger partial charge is 0.480 e. The molecule has 5 nitrogen and oxygen atoms in total. The molecule has 5 heteroatoms. The second-order valence-corrected chi connectivity index (χ2v) is 7.37. The highest BCUT2D eigenvalue weighted by Crippen LogP contribution is 2.31. The average Bonchev–Trinajstić information content (AvgIpc) is 3.13. The Morgan fingerprint density at radius 1 is 1.08 bits per heavy atom. The molecule has 2 aliphatic heterocycles. The molecule has 0 spiro atoms. The lowest BCUT2D eigenvalue weighted by atomic mass is 9.91. The predicted octanol–water partition coefficient (Wildman–Crippen LogP) is 2.76. The van der Waals surface area contributed by atoms with Crippen molar-refractivity contribution in [2.75, 3.05) is 26.2 Å². The maximum absolute atomic E-state index is 12.6. The number of carboxylic acid groups (broad SMARTS) is 1. The van der Waals surface area contributed by atoms with Crippen LogP contribution in [0.2, 0.25) is 0 Å². The minimum Gasteiger partial charge on any atom is -0.480 e. The molecule has 3 rings (SSSR count). The van der Waals surface area contributed by atoms with Gasteiger partial charge in [0, 0.05) is 32.1 Å². The van der Waals surface area contributed by atoms with Gasteiger partial charge in [0.25, 0.3) is 0 Å². The Bertz CT molecular complexity index is 644. The molecule has 2 aliphatic rings. The third-order valence-electron chi connectivity index (χ3n) is 5.84. The summed E-state index contributed by atoms with van der Waals surface area (Å²) >= 11 is 0. The molecule has 136 valence electrons. The molecule has 25 heavy (non-hydrogen) atoms. The summed E-state index contributed by atoms with van der Waals surface area (Å²) in [5, 5.41) is 9.83. The van der Waals surface area contributed by atoms with Gasteiger partial charge in [-0.1, -0.05) is 18.2 Å². The summed E-state index contributed by atoms with van der Waals surface area (Å²) in [7, 11) is 0. The van der Waals surface area contributed by atoms with E-state index in [1.807, 2.05) is 41.8 Å². The van der Waals surface area contributed by atoms with E-state index in [-0.39, 0.29) is 11.8 Å². The number of nitrogens with zero attached hydrogens (tertiary/aromatic N) is 2. The lowest BCUT2D eigenvalue weighted by Crippen LogP contribution is -2.44. The quantitative estimate of drug-likeness (QED) is 0.912. The molecule has 1 amide bonds. The summed E-state index contributed by atoms with van der Waals surface area (Å²) in [6.07, 6.45) is 3.73. The van der Waals surface area contributed by atoms with Crippen LogP contribution in [0.15, 0.2) is 18.2 Å². The van der Waals surface area contributed by atoms with Gasteiger partial charge in [0.15, 0.2) is 0 Å². The van der Waals surface area contributed by atoms with E-state index < -0.39 is 12.0 Å². The van der Waals surface area contributed by atoms with Gasteiger partial charge in [0.2, 0.25) is 5.91 Å². The molecule has 0 radical (unpaired) electrons. The maximum Gasteiger partial charge on any atom is 0.325 e. The summed E-state index contributed by atoms with van der Waals surface area (Å²) in [5.74, 6) is -0.476. The summed E-state index contributed by atoms with van der Waals surface area (Å²) in [6, 6.07) is 5.24. The number of hydrogen-bond donors (Lipinski definition) is 1. The molecular formula is C20H28N2O3. The highest BCUT2D eigenvalue weighted by Gasteiger charge is 2.35. The van der Waals surface area contributed by atoms with Gasteiger partial charge in [-0.2, -0.15) is 0 Å². The first-order chi connectivity index (χ1) is 12.0. The minimum atomic E-state index is -0.807. The van der Waals surface area contributed by atoms with Crippen molar-refractivity contribution in [3.63, 3.8) is 0 Å². The van der Waals surface area contributed by atoms with Crippen LogP contribution in [0, 0.1) is 19.8 Å². The summed E-state index contributed by atoms with van der Waals surface area (Å²) in [6.45, 7) is 7.10. The number of carboxylic acids is 1. The summed E-state index contributed by atoms with van der Waals surface area (Å²) < 4.78 is 0. The van der Waals surface area contributed by atoms with Crippen LogP contribution in [-0.2, 0) is 9.59 Å². The van der Waals surface area contributed by atoms with E-state index in [0.29, 0.717) is 13.1 Å². The monoisotopic (exact) mass is 344 g/mol. The molecule has 2 heterocycles. The van der Waals surface area contributed by atoms with Crippen molar-refractivity contribution in [1.82, 2.24) is 9.80 Å². The van der Waals surface area contributed by atoms with Gasteiger partial charge in [-0.15, -0.1) is 0 Å². The highest BCUT2D eigenvalue weighted by atomic mass is 16.4. The third kappa shape index (κ3) is 3.71. The Morgan fingerprint density at radius 2 is 1.72 bits per heavy atom. The van der Waals surface area contributed by atoms with Crippen molar-refractivity contribution in [3.05, 3.63) is 34.9 Å². The number of piperidine rings is 1. The van der Waals surface area contributed by atoms with Crippen LogP contribution in [0.4, 0.5) is 0 Å². The lowest BCUT2D eigenvalue weighted by Gasteiger charge is -2.37. The topological polar surface area (TPSA) is 60.9 Å². The fourth-order valence-corrected chi connectivity index (χ4v) is 4.16. The van der Waals surface area contributed by atoms with E-state index >= 15 is 0 Å². The van der Waals surface area contributed by atoms with E-state index in [1.165, 1.54) is 0 Å². The number of amides is 1. The second-order valence-electron chi connectivity index (χ2n) is 7.37. The zero-order valence-electron chi connectivity index (χ0n) is 15.2. The molecule has 1 aromatic carbocycles. The number of aliphatic carboxylic acids is 1. The van der Waals surface area contributed by atoms with Crippen molar-refractivity contribution >= 4 is 11.9 Å². The Hall–Kier alpha value is -1.88. The smallest absolute Gasteiger partial charge is 0.325 e. The zero-order valence-corrected chi connectivity index (χ0v) is 15.2. The fraction of sp³-hybridized carbons (Fsp3) is 0.600. The van der Waals surface area contributed by atoms with Gasteiger partial charge >= 0.3 is 5.97 Å². The zero-order chi connectivity index (χ0) is 18.0. The molecule has 2 saturated heterocycles. The number of likely N-dealkylation sites (tertiary alicyclic amines) is 2. The molecule has 0 bridgehead atoms. The van der Waals surface area contributed by atoms with E-state index in [1.54, 1.807) is 0 Å². The van der Waals surface area contributed by atoms with E-state index in [9.17, 15) is 14.7 Å². The number of benzene rings is 1. The fourth-order valence-electron chi connectivity index (χ4n) is 4.16. The Kier molecular flexibility index (Phi) is 5.42. The second kappa shape index (κ2) is 7.56. The van der Waals surface area contributed by atoms with Gasteiger partial charge in [-0.3, -0.25) is 14.5 Å². The lowest BCUT2D eigenvalue weighted by molar-refractivity contribution is -0.145. The Balaban J connectivity index is 1.70. The van der Waals surface area contributed by atoms with E-state index in [0.717, 1.165) is 55.5 Å². The van der Waals surface area contributed by atoms with E-state index in [2.05, 4.69) is 0 Å². The molecule has 0 unspecified atom stereocenters. The maximum atomic E-state index is 12.6. The molecule has 1 N–H and O–H groups in total. The molecular weight excluding hydrogens is 316 g/mol. The first-order valence-corrected chi connectivity index (χ1v) is 9.31. The van der Waals surface area contributed by atoms with Crippen LogP contribution in [0.5, 0.6) is 0 Å². The van der Waals surface area contributed by atoms with E-state index in [4.69, 9.17) is 0 Å². The van der Waals surface area contributed by atoms with Crippen LogP contribution in [-0.4, -0.2) is 53.0 Å². The van der Waals surface area contributed by atoms with Crippen molar-refractivity contribution in [3.8, 4) is 0 Å². The number of carbonyl (C=O) groups excluding carboxylic acids is 1. The first kappa shape index (κ1) is 17.9. The van der Waals surface area contributed by atoms with Gasteiger partial charge in [0.1, 0.15) is 6.04 Å². The summed E-state index contributed by atoms with van der Waals surface area (Å²) in [5.41, 5.74) is 3.03. The summed E-state index contributed by atoms with van der Waals surface area (Å²) in [4.78, 5) is 28.6. The Labute approximate surface area is 149 Å². The van der Waals surface area contributed by atoms with Crippen molar-refractivity contribution in [2.45, 2.75) is 45.6 Å².